The molecule has 0 amide bonds. The van der Waals surface area contributed by atoms with Crippen molar-refractivity contribution in [3.05, 3.63) is 48.5 Å². The Morgan fingerprint density at radius 1 is 1.06 bits per heavy atom. The summed E-state index contributed by atoms with van der Waals surface area (Å²) in [6, 6.07) is 3.67. The first kappa shape index (κ1) is 18.0. The zero-order chi connectivity index (χ0) is 13.7. The van der Waals surface area contributed by atoms with Crippen LogP contribution in [0.25, 0.3) is 0 Å². The minimum atomic E-state index is -1.55. The Bertz CT molecular complexity index is 279. The van der Waals surface area contributed by atoms with Crippen molar-refractivity contribution in [3.63, 3.8) is 0 Å². The molecule has 0 spiro atoms. The fourth-order valence-electron chi connectivity index (χ4n) is 0.722. The minimum Gasteiger partial charge on any atom is -0.473 e. The molecule has 0 unspecified atom stereocenters. The summed E-state index contributed by atoms with van der Waals surface area (Å²) in [6.45, 7) is 10.9. The zero-order valence-electron chi connectivity index (χ0n) is 11.1. The molecule has 1 nitrogen and oxygen atoms in total. The number of furan rings is 1. The van der Waals surface area contributed by atoms with E-state index in [2.05, 4.69) is 11.0 Å². The number of allylic oxidation sites excluding steroid dienone is 2. The Morgan fingerprint density at radius 2 is 1.53 bits per heavy atom. The average Bonchev–Trinajstić information content (AvgIpc) is 2.87. The smallest absolute Gasteiger partial charge is 0.269 e. The lowest BCUT2D eigenvalue weighted by Gasteiger charge is -1.97. The number of halogens is 2. The zero-order valence-corrected chi connectivity index (χ0v) is 11.1. The molecule has 0 saturated heterocycles. The molecular formula is C14H22F2O. The van der Waals surface area contributed by atoms with Crippen LogP contribution in [0, 0.1) is 0 Å². The lowest BCUT2D eigenvalue weighted by atomic mass is 10.1. The van der Waals surface area contributed by atoms with Crippen molar-refractivity contribution >= 4 is 0 Å². The molecule has 1 aromatic heterocycles. The van der Waals surface area contributed by atoms with Crippen molar-refractivity contribution in [2.75, 3.05) is 0 Å². The van der Waals surface area contributed by atoms with Crippen LogP contribution in [-0.4, -0.2) is 0 Å². The van der Waals surface area contributed by atoms with Crippen molar-refractivity contribution in [1.82, 2.24) is 0 Å². The number of hydrogen-bond acceptors (Lipinski definition) is 1. The third-order valence-corrected chi connectivity index (χ3v) is 1.67. The summed E-state index contributed by atoms with van der Waals surface area (Å²) in [5.41, 5.74) is 1.11. The van der Waals surface area contributed by atoms with E-state index < -0.39 is 6.08 Å². The van der Waals surface area contributed by atoms with E-state index in [0.717, 1.165) is 5.57 Å². The van der Waals surface area contributed by atoms with Crippen LogP contribution in [-0.2, 0) is 0 Å². The molecule has 0 saturated carbocycles. The predicted molar refractivity (Wildman–Crippen MR) is 69.0 cm³/mol. The van der Waals surface area contributed by atoms with Crippen molar-refractivity contribution in [2.45, 2.75) is 40.5 Å². The van der Waals surface area contributed by atoms with Crippen LogP contribution in [0.3, 0.4) is 0 Å². The normalized spacial score (nSPS) is 8.12. The van der Waals surface area contributed by atoms with E-state index in [4.69, 9.17) is 0 Å². The second kappa shape index (κ2) is 12.7. The predicted octanol–water partition coefficient (Wildman–Crippen LogP) is 5.82. The molecule has 0 aliphatic rings. The van der Waals surface area contributed by atoms with Crippen LogP contribution in [0.1, 0.15) is 40.5 Å². The Balaban J connectivity index is 0. The van der Waals surface area contributed by atoms with Gasteiger partial charge in [0.25, 0.3) is 6.08 Å². The maximum absolute atomic E-state index is 11.7. The van der Waals surface area contributed by atoms with Gasteiger partial charge in [0.2, 0.25) is 0 Å². The fourth-order valence-corrected chi connectivity index (χ4v) is 0.722. The largest absolute Gasteiger partial charge is 0.473 e. The molecular weight excluding hydrogens is 222 g/mol. The monoisotopic (exact) mass is 244 g/mol. The second-order valence-electron chi connectivity index (χ2n) is 3.29. The van der Waals surface area contributed by atoms with E-state index in [9.17, 15) is 8.78 Å². The first-order valence-corrected chi connectivity index (χ1v) is 5.66. The maximum atomic E-state index is 11.7. The van der Waals surface area contributed by atoms with Gasteiger partial charge in [0.05, 0.1) is 12.5 Å². The molecule has 98 valence electrons. The summed E-state index contributed by atoms with van der Waals surface area (Å²) in [7, 11) is 0. The molecule has 0 aliphatic heterocycles. The van der Waals surface area contributed by atoms with Crippen LogP contribution in [0.5, 0.6) is 0 Å². The van der Waals surface area contributed by atoms with Crippen LogP contribution < -0.4 is 0 Å². The van der Waals surface area contributed by atoms with Crippen LogP contribution >= 0.6 is 0 Å². The van der Waals surface area contributed by atoms with E-state index >= 15 is 0 Å². The van der Waals surface area contributed by atoms with Crippen LogP contribution in [0.2, 0.25) is 0 Å². The molecule has 1 heterocycles. The molecule has 0 aliphatic carbocycles. The highest BCUT2D eigenvalue weighted by molar-refractivity contribution is 5.02. The summed E-state index contributed by atoms with van der Waals surface area (Å²) < 4.78 is 28.0. The van der Waals surface area contributed by atoms with E-state index in [0.29, 0.717) is 12.8 Å². The fraction of sp³-hybridized carbons (Fsp3) is 0.429. The Kier molecular flexibility index (Phi) is 13.4. The first-order chi connectivity index (χ1) is 8.04. The molecule has 1 rings (SSSR count). The minimum absolute atomic E-state index is 0.169. The van der Waals surface area contributed by atoms with E-state index in [1.165, 1.54) is 6.92 Å². The van der Waals surface area contributed by atoms with Crippen LogP contribution in [0.15, 0.2) is 52.9 Å². The van der Waals surface area contributed by atoms with Gasteiger partial charge in [-0.2, -0.15) is 8.78 Å². The highest BCUT2D eigenvalue weighted by atomic mass is 19.3. The van der Waals surface area contributed by atoms with Gasteiger partial charge < -0.3 is 4.42 Å². The SMILES string of the molecule is C=C(C)CCC(C)=C(F)F.CC.c1ccoc1. The number of hydrogen-bond donors (Lipinski definition) is 0. The first-order valence-electron chi connectivity index (χ1n) is 5.66. The molecule has 0 bridgehead atoms. The van der Waals surface area contributed by atoms with Crippen molar-refractivity contribution in [1.29, 1.82) is 0 Å². The van der Waals surface area contributed by atoms with Gasteiger partial charge >= 0.3 is 0 Å². The molecule has 0 fully saturated rings. The summed E-state index contributed by atoms with van der Waals surface area (Å²) in [4.78, 5) is 0. The number of rotatable bonds is 3. The Hall–Kier alpha value is -1.38. The lowest BCUT2D eigenvalue weighted by molar-refractivity contribution is 0.408. The average molecular weight is 244 g/mol. The quantitative estimate of drug-likeness (QED) is 0.611. The maximum Gasteiger partial charge on any atom is 0.269 e. The highest BCUT2D eigenvalue weighted by Gasteiger charge is 1.98. The van der Waals surface area contributed by atoms with Gasteiger partial charge in [-0.15, -0.1) is 6.58 Å². The van der Waals surface area contributed by atoms with Gasteiger partial charge in [0, 0.05) is 0 Å². The van der Waals surface area contributed by atoms with Gasteiger partial charge in [-0.05, 0) is 44.4 Å². The molecule has 1 aromatic rings. The summed E-state index contributed by atoms with van der Waals surface area (Å²) in [5.74, 6) is 0. The summed E-state index contributed by atoms with van der Waals surface area (Å²) in [6.07, 6.45) is 2.78. The van der Waals surface area contributed by atoms with Gasteiger partial charge in [-0.1, -0.05) is 19.4 Å². The third kappa shape index (κ3) is 14.6. The van der Waals surface area contributed by atoms with E-state index in [1.54, 1.807) is 12.5 Å². The highest BCUT2D eigenvalue weighted by Crippen LogP contribution is 2.14. The molecule has 3 heteroatoms. The van der Waals surface area contributed by atoms with Gasteiger partial charge in [-0.25, -0.2) is 0 Å². The standard InChI is InChI=1S/C8H12F2.C4H4O.C2H6/c1-6(2)4-5-7(3)8(9)10;1-2-4-5-3-1;1-2/h1,4-5H2,2-3H3;1-4H;1-2H3. The molecule has 0 radical (unpaired) electrons. The molecule has 0 atom stereocenters. The van der Waals surface area contributed by atoms with E-state index in [-0.39, 0.29) is 5.57 Å². The molecule has 0 N–H and O–H groups in total. The topological polar surface area (TPSA) is 13.1 Å². The summed E-state index contributed by atoms with van der Waals surface area (Å²) >= 11 is 0. The Morgan fingerprint density at radius 3 is 1.76 bits per heavy atom. The second-order valence-corrected chi connectivity index (χ2v) is 3.29. The molecule has 0 aromatic carbocycles. The lowest BCUT2D eigenvalue weighted by Crippen LogP contribution is -1.80. The van der Waals surface area contributed by atoms with Crippen molar-refractivity contribution < 1.29 is 13.2 Å². The third-order valence-electron chi connectivity index (χ3n) is 1.67. The van der Waals surface area contributed by atoms with E-state index in [1.807, 2.05) is 32.9 Å². The Labute approximate surface area is 103 Å². The van der Waals surface area contributed by atoms with Crippen molar-refractivity contribution in [3.8, 4) is 0 Å². The molecule has 17 heavy (non-hydrogen) atoms. The van der Waals surface area contributed by atoms with Gasteiger partial charge in [0.15, 0.2) is 0 Å². The van der Waals surface area contributed by atoms with Gasteiger partial charge in [0.1, 0.15) is 0 Å². The van der Waals surface area contributed by atoms with Crippen LogP contribution in [0.4, 0.5) is 8.78 Å². The van der Waals surface area contributed by atoms with Gasteiger partial charge in [-0.3, -0.25) is 0 Å². The summed E-state index contributed by atoms with van der Waals surface area (Å²) in [5, 5.41) is 0. The van der Waals surface area contributed by atoms with Crippen molar-refractivity contribution in [2.24, 2.45) is 0 Å².